The van der Waals surface area contributed by atoms with Crippen LogP contribution in [0.1, 0.15) is 47.5 Å². The molecule has 0 rings (SSSR count). The van der Waals surface area contributed by atoms with Crippen molar-refractivity contribution in [1.29, 1.82) is 0 Å². The molecule has 0 aliphatic heterocycles. The van der Waals surface area contributed by atoms with Gasteiger partial charge in [0.1, 0.15) is 0 Å². The van der Waals surface area contributed by atoms with Gasteiger partial charge in [0.25, 0.3) is 0 Å². The summed E-state index contributed by atoms with van der Waals surface area (Å²) in [6.07, 6.45) is 2.04. The molecule has 0 aliphatic rings. The summed E-state index contributed by atoms with van der Waals surface area (Å²) in [6.45, 7) is 13.2. The fourth-order valence-corrected chi connectivity index (χ4v) is 0.749. The first-order valence-corrected chi connectivity index (χ1v) is 5.78. The van der Waals surface area contributed by atoms with Gasteiger partial charge in [-0.15, -0.1) is 13.1 Å². The van der Waals surface area contributed by atoms with Crippen molar-refractivity contribution in [2.45, 2.75) is 47.5 Å². The van der Waals surface area contributed by atoms with E-state index in [1.165, 1.54) is 0 Å². The van der Waals surface area contributed by atoms with E-state index in [0.29, 0.717) is 6.61 Å². The maximum absolute atomic E-state index is 8.07. The van der Waals surface area contributed by atoms with Crippen LogP contribution in [-0.2, 0) is 21.7 Å². The van der Waals surface area contributed by atoms with E-state index in [1.807, 2.05) is 0 Å². The third-order valence-corrected chi connectivity index (χ3v) is 1.50. The average Bonchev–Trinajstić information content (AvgIpc) is 2.05. The number of hydrogen-bond acceptors (Lipinski definition) is 1. The quantitative estimate of drug-likeness (QED) is 0.538. The van der Waals surface area contributed by atoms with E-state index < -0.39 is 0 Å². The van der Waals surface area contributed by atoms with Crippen molar-refractivity contribution in [3.05, 3.63) is 5.32 Å². The van der Waals surface area contributed by atoms with Crippen molar-refractivity contribution in [2.24, 2.45) is 11.8 Å². The van der Waals surface area contributed by atoms with Crippen LogP contribution in [0.3, 0.4) is 0 Å². The fraction of sp³-hybridized carbons (Fsp3) is 1.00. The molecular weight excluding hydrogens is 293 g/mol. The summed E-state index contributed by atoms with van der Waals surface area (Å²) in [7, 11) is 0. The van der Waals surface area contributed by atoms with Gasteiger partial charge in [0, 0.05) is 6.61 Å². The number of aliphatic hydroxyl groups excluding tert-OH is 1. The van der Waals surface area contributed by atoms with Gasteiger partial charge < -0.3 is 35.2 Å². The summed E-state index contributed by atoms with van der Waals surface area (Å²) < 4.78 is 0. The summed E-state index contributed by atoms with van der Waals surface area (Å²) in [5, 5.41) is 12.4. The predicted molar refractivity (Wildman–Crippen MR) is 64.8 cm³/mol. The predicted octanol–water partition coefficient (Wildman–Crippen LogP) is -2.54. The Bertz CT molecular complexity index is 96.5. The maximum atomic E-state index is 8.07. The van der Waals surface area contributed by atoms with E-state index >= 15 is 0 Å². The molecule has 0 heterocycles. The Morgan fingerprint density at radius 3 is 1.41 bits per heavy atom. The van der Waals surface area contributed by atoms with Crippen molar-refractivity contribution in [2.75, 3.05) is 19.7 Å². The van der Waals surface area contributed by atoms with Crippen LogP contribution in [0.4, 0.5) is 0 Å². The number of hydrogen-bond donors (Lipinski definition) is 1. The van der Waals surface area contributed by atoms with E-state index in [1.54, 1.807) is 0 Å². The Morgan fingerprint density at radius 2 is 1.29 bits per heavy atom. The molecule has 0 atom stereocenters. The van der Waals surface area contributed by atoms with Gasteiger partial charge in [-0.05, 0) is 6.42 Å². The van der Waals surface area contributed by atoms with Gasteiger partial charge in [-0.25, -0.2) is 0 Å². The van der Waals surface area contributed by atoms with E-state index in [4.69, 9.17) is 5.11 Å². The van der Waals surface area contributed by atoms with Gasteiger partial charge in [0.2, 0.25) is 0 Å². The molecule has 0 saturated heterocycles. The molecule has 0 amide bonds. The van der Waals surface area contributed by atoms with E-state index in [0.717, 1.165) is 37.8 Å². The zero-order valence-corrected chi connectivity index (χ0v) is 14.9. The second-order valence-corrected chi connectivity index (χ2v) is 4.45. The molecule has 2 nitrogen and oxygen atoms in total. The van der Waals surface area contributed by atoms with Crippen LogP contribution in [0.5, 0.6) is 0 Å². The maximum Gasteiger partial charge on any atom is 3.00 e. The van der Waals surface area contributed by atoms with Gasteiger partial charge in [0.15, 0.2) is 0 Å². The molecule has 0 saturated carbocycles. The van der Waals surface area contributed by atoms with Crippen LogP contribution in [0, 0.1) is 11.8 Å². The van der Waals surface area contributed by atoms with Crippen molar-refractivity contribution >= 4 is 0 Å². The number of halogens is 2. The van der Waals surface area contributed by atoms with Gasteiger partial charge in [0.05, 0.1) is 0 Å². The number of aliphatic hydroxyl groups is 1. The van der Waals surface area contributed by atoms with E-state index in [9.17, 15) is 0 Å². The molecule has 0 bridgehead atoms. The summed E-state index contributed by atoms with van der Waals surface area (Å²) in [6, 6.07) is 0. The van der Waals surface area contributed by atoms with Crippen LogP contribution in [-0.4, -0.2) is 24.8 Å². The average molecular weight is 321 g/mol. The monoisotopic (exact) mass is 320 g/mol. The zero-order chi connectivity index (χ0) is 11.4. The molecule has 0 fully saturated rings. The van der Waals surface area contributed by atoms with Crippen LogP contribution < -0.4 is 24.8 Å². The summed E-state index contributed by atoms with van der Waals surface area (Å²) in [5.41, 5.74) is 0. The largest absolute Gasteiger partial charge is 3.00 e. The summed E-state index contributed by atoms with van der Waals surface area (Å²) >= 11 is 0. The molecule has 0 aromatic carbocycles. The van der Waals surface area contributed by atoms with E-state index in [2.05, 4.69) is 39.9 Å². The van der Waals surface area contributed by atoms with Gasteiger partial charge in [-0.3, -0.25) is 0 Å². The Morgan fingerprint density at radius 1 is 0.941 bits per heavy atom. The van der Waals surface area contributed by atoms with Crippen LogP contribution in [0.15, 0.2) is 0 Å². The third-order valence-electron chi connectivity index (χ3n) is 1.50. The van der Waals surface area contributed by atoms with Crippen molar-refractivity contribution in [3.8, 4) is 0 Å². The van der Waals surface area contributed by atoms with Crippen molar-refractivity contribution < 1.29 is 51.6 Å². The fourth-order valence-electron chi connectivity index (χ4n) is 0.749. The van der Waals surface area contributed by atoms with Gasteiger partial charge >= 0.3 is 21.7 Å². The molecule has 0 spiro atoms. The summed E-state index contributed by atoms with van der Waals surface area (Å²) in [5.74, 6) is 1.45. The SMILES string of the molecule is CC(C)C[N-]CC(C)C.CCCCO.[Cl-].[Cl-].[Ti+3]. The minimum atomic E-state index is 0. The Kier molecular flexibility index (Phi) is 47.1. The molecule has 0 unspecified atom stereocenters. The Balaban J connectivity index is -0.0000000533. The zero-order valence-electron chi connectivity index (χ0n) is 11.8. The topological polar surface area (TPSA) is 34.3 Å². The van der Waals surface area contributed by atoms with Gasteiger partial charge in [-0.2, -0.15) is 0 Å². The standard InChI is InChI=1S/C8H18N.C4H10O.2ClH.Ti/c1-7(2)5-9-6-8(3)4;1-2-3-4-5;;;/h7-8H,5-6H2,1-4H3;5H,2-4H2,1H3;2*1H;/q-1;;;;+3/p-2. The molecule has 0 aliphatic carbocycles. The van der Waals surface area contributed by atoms with Crippen molar-refractivity contribution in [3.63, 3.8) is 0 Å². The number of nitrogens with zero attached hydrogens (tertiary/aromatic N) is 1. The van der Waals surface area contributed by atoms with Crippen LogP contribution in [0.2, 0.25) is 0 Å². The molecular formula is C12H28Cl2NOTi. The molecule has 105 valence electrons. The van der Waals surface area contributed by atoms with Crippen LogP contribution >= 0.6 is 0 Å². The first-order valence-electron chi connectivity index (χ1n) is 5.78. The van der Waals surface area contributed by atoms with E-state index in [-0.39, 0.29) is 46.5 Å². The number of unbranched alkanes of at least 4 members (excludes halogenated alkanes) is 1. The van der Waals surface area contributed by atoms with Crippen molar-refractivity contribution in [1.82, 2.24) is 0 Å². The smallest absolute Gasteiger partial charge is 1.00 e. The Hall–Kier alpha value is 1.21. The van der Waals surface area contributed by atoms with Gasteiger partial charge in [-0.1, -0.05) is 52.9 Å². The minimum Gasteiger partial charge on any atom is -1.00 e. The molecule has 17 heavy (non-hydrogen) atoms. The second kappa shape index (κ2) is 25.9. The molecule has 1 radical (unpaired) electrons. The van der Waals surface area contributed by atoms with Crippen LogP contribution in [0.25, 0.3) is 5.32 Å². The minimum absolute atomic E-state index is 0. The Labute approximate surface area is 135 Å². The normalized spacial score (nSPS) is 8.47. The summed E-state index contributed by atoms with van der Waals surface area (Å²) in [4.78, 5) is 0. The molecule has 1 N–H and O–H groups in total. The third kappa shape index (κ3) is 46.9. The molecule has 5 heteroatoms. The second-order valence-electron chi connectivity index (χ2n) is 4.45. The number of rotatable bonds is 6. The molecule has 0 aromatic heterocycles. The molecule has 0 aromatic rings. The first kappa shape index (κ1) is 30.9. The first-order chi connectivity index (χ1) is 6.54.